The number of methoxy groups -OCH3 is 1. The molecule has 0 aliphatic carbocycles. The van der Waals surface area contributed by atoms with E-state index in [4.69, 9.17) is 4.74 Å². The highest BCUT2D eigenvalue weighted by atomic mass is 32.2. The highest BCUT2D eigenvalue weighted by Gasteiger charge is 2.13. The van der Waals surface area contributed by atoms with Crippen LogP contribution in [-0.4, -0.2) is 35.2 Å². The lowest BCUT2D eigenvalue weighted by molar-refractivity contribution is 0.184. The van der Waals surface area contributed by atoms with Crippen LogP contribution in [0.15, 0.2) is 29.2 Å². The van der Waals surface area contributed by atoms with E-state index in [1.54, 1.807) is 25.3 Å². The van der Waals surface area contributed by atoms with Crippen molar-refractivity contribution < 1.29 is 13.2 Å². The van der Waals surface area contributed by atoms with E-state index in [1.165, 1.54) is 0 Å². The van der Waals surface area contributed by atoms with Crippen molar-refractivity contribution in [3.63, 3.8) is 0 Å². The van der Waals surface area contributed by atoms with E-state index >= 15 is 0 Å². The predicted octanol–water partition coefficient (Wildman–Crippen LogP) is 0.721. The zero-order chi connectivity index (χ0) is 13.4. The summed E-state index contributed by atoms with van der Waals surface area (Å²) in [5, 5.41) is 3.06. The quantitative estimate of drug-likeness (QED) is 0.684. The maximum Gasteiger partial charge on any atom is 0.240 e. The fourth-order valence-corrected chi connectivity index (χ4v) is 2.60. The van der Waals surface area contributed by atoms with Crippen LogP contribution in [0.25, 0.3) is 0 Å². The van der Waals surface area contributed by atoms with Crippen LogP contribution >= 0.6 is 0 Å². The average Bonchev–Trinajstić information content (AvgIpc) is 2.36. The molecule has 0 aliphatic heterocycles. The molecule has 0 amide bonds. The molecule has 0 aromatic heterocycles. The first-order chi connectivity index (χ1) is 8.60. The van der Waals surface area contributed by atoms with Crippen molar-refractivity contribution in [1.82, 2.24) is 10.0 Å². The minimum absolute atomic E-state index is 0.272. The Morgan fingerprint density at radius 3 is 2.72 bits per heavy atom. The summed E-state index contributed by atoms with van der Waals surface area (Å²) in [6.45, 7) is 4.20. The maximum atomic E-state index is 12.0. The van der Waals surface area contributed by atoms with Gasteiger partial charge in [-0.15, -0.1) is 0 Å². The molecule has 5 nitrogen and oxygen atoms in total. The molecule has 0 atom stereocenters. The highest BCUT2D eigenvalue weighted by Crippen LogP contribution is 2.11. The van der Waals surface area contributed by atoms with Crippen molar-refractivity contribution in [3.8, 4) is 0 Å². The molecule has 0 heterocycles. The molecule has 1 aromatic carbocycles. The van der Waals surface area contributed by atoms with Gasteiger partial charge in [0, 0.05) is 20.2 Å². The molecule has 1 aromatic rings. The zero-order valence-corrected chi connectivity index (χ0v) is 11.6. The standard InChI is InChI=1S/C12H20N2O3S/c1-3-13-7-8-14-18(15,16)12-6-4-5-11(9-12)10-17-2/h4-6,9,13-14H,3,7-8,10H2,1-2H3. The van der Waals surface area contributed by atoms with Gasteiger partial charge < -0.3 is 10.1 Å². The number of nitrogens with one attached hydrogen (secondary N) is 2. The first kappa shape index (κ1) is 15.1. The van der Waals surface area contributed by atoms with E-state index in [0.29, 0.717) is 19.7 Å². The van der Waals surface area contributed by atoms with Crippen molar-refractivity contribution >= 4 is 10.0 Å². The number of benzene rings is 1. The van der Waals surface area contributed by atoms with Crippen LogP contribution in [0.2, 0.25) is 0 Å². The molecule has 102 valence electrons. The van der Waals surface area contributed by atoms with Crippen LogP contribution < -0.4 is 10.0 Å². The van der Waals surface area contributed by atoms with Crippen LogP contribution in [0.3, 0.4) is 0 Å². The number of sulfonamides is 1. The van der Waals surface area contributed by atoms with Crippen LogP contribution in [0.4, 0.5) is 0 Å². The predicted molar refractivity (Wildman–Crippen MR) is 70.9 cm³/mol. The van der Waals surface area contributed by atoms with E-state index in [-0.39, 0.29) is 4.90 Å². The molecular weight excluding hydrogens is 252 g/mol. The Hall–Kier alpha value is -0.950. The third-order valence-electron chi connectivity index (χ3n) is 2.36. The Morgan fingerprint density at radius 1 is 1.28 bits per heavy atom. The van der Waals surface area contributed by atoms with Crippen LogP contribution in [0.5, 0.6) is 0 Å². The SMILES string of the molecule is CCNCCNS(=O)(=O)c1cccc(COC)c1. The molecule has 0 radical (unpaired) electrons. The van der Waals surface area contributed by atoms with Crippen molar-refractivity contribution in [2.45, 2.75) is 18.4 Å². The van der Waals surface area contributed by atoms with Gasteiger partial charge in [0.1, 0.15) is 0 Å². The van der Waals surface area contributed by atoms with Gasteiger partial charge in [-0.2, -0.15) is 0 Å². The Morgan fingerprint density at radius 2 is 2.06 bits per heavy atom. The van der Waals surface area contributed by atoms with Gasteiger partial charge in [-0.25, -0.2) is 13.1 Å². The largest absolute Gasteiger partial charge is 0.380 e. The first-order valence-corrected chi connectivity index (χ1v) is 7.36. The van der Waals surface area contributed by atoms with Gasteiger partial charge in [0.25, 0.3) is 0 Å². The number of hydrogen-bond donors (Lipinski definition) is 2. The summed E-state index contributed by atoms with van der Waals surface area (Å²) in [5.41, 5.74) is 0.840. The molecule has 1 rings (SSSR count). The average molecular weight is 272 g/mol. The second-order valence-corrected chi connectivity index (χ2v) is 5.60. The fraction of sp³-hybridized carbons (Fsp3) is 0.500. The van der Waals surface area contributed by atoms with Crippen molar-refractivity contribution in [2.24, 2.45) is 0 Å². The summed E-state index contributed by atoms with van der Waals surface area (Å²) >= 11 is 0. The number of hydrogen-bond acceptors (Lipinski definition) is 4. The molecule has 0 saturated carbocycles. The van der Waals surface area contributed by atoms with Crippen LogP contribution in [-0.2, 0) is 21.4 Å². The summed E-state index contributed by atoms with van der Waals surface area (Å²) in [6, 6.07) is 6.75. The minimum Gasteiger partial charge on any atom is -0.380 e. The van der Waals surface area contributed by atoms with Crippen molar-refractivity contribution in [1.29, 1.82) is 0 Å². The van der Waals surface area contributed by atoms with E-state index in [9.17, 15) is 8.42 Å². The molecule has 2 N–H and O–H groups in total. The van der Waals surface area contributed by atoms with Crippen LogP contribution in [0.1, 0.15) is 12.5 Å². The van der Waals surface area contributed by atoms with Crippen molar-refractivity contribution in [3.05, 3.63) is 29.8 Å². The summed E-state index contributed by atoms with van der Waals surface area (Å²) < 4.78 is 31.5. The molecule has 0 bridgehead atoms. The van der Waals surface area contributed by atoms with Gasteiger partial charge in [-0.05, 0) is 24.2 Å². The first-order valence-electron chi connectivity index (χ1n) is 5.88. The summed E-state index contributed by atoms with van der Waals surface area (Å²) in [5.74, 6) is 0. The minimum atomic E-state index is -3.43. The normalized spacial score (nSPS) is 11.7. The number of likely N-dealkylation sites (N-methyl/N-ethyl adjacent to an activating group) is 1. The van der Waals surface area contributed by atoms with Gasteiger partial charge in [0.05, 0.1) is 11.5 Å². The molecular formula is C12H20N2O3S. The molecule has 0 spiro atoms. The molecule has 0 saturated heterocycles. The molecule has 0 unspecified atom stereocenters. The zero-order valence-electron chi connectivity index (χ0n) is 10.8. The Labute approximate surface area is 109 Å². The van der Waals surface area contributed by atoms with E-state index in [0.717, 1.165) is 12.1 Å². The summed E-state index contributed by atoms with van der Waals surface area (Å²) in [6.07, 6.45) is 0. The molecule has 18 heavy (non-hydrogen) atoms. The number of ether oxygens (including phenoxy) is 1. The van der Waals surface area contributed by atoms with E-state index < -0.39 is 10.0 Å². The fourth-order valence-electron chi connectivity index (χ4n) is 1.50. The lowest BCUT2D eigenvalue weighted by Gasteiger charge is -2.08. The van der Waals surface area contributed by atoms with Crippen molar-refractivity contribution in [2.75, 3.05) is 26.7 Å². The lowest BCUT2D eigenvalue weighted by Crippen LogP contribution is -2.31. The van der Waals surface area contributed by atoms with Gasteiger partial charge in [0.15, 0.2) is 0 Å². The highest BCUT2D eigenvalue weighted by molar-refractivity contribution is 7.89. The molecule has 6 heteroatoms. The molecule has 0 aliphatic rings. The molecule has 0 fully saturated rings. The summed E-state index contributed by atoms with van der Waals surface area (Å²) in [4.78, 5) is 0.272. The number of rotatable bonds is 8. The second kappa shape index (κ2) is 7.48. The van der Waals surface area contributed by atoms with Gasteiger partial charge in [-0.3, -0.25) is 0 Å². The van der Waals surface area contributed by atoms with E-state index in [2.05, 4.69) is 10.0 Å². The van der Waals surface area contributed by atoms with E-state index in [1.807, 2.05) is 13.0 Å². The second-order valence-electron chi connectivity index (χ2n) is 3.83. The van der Waals surface area contributed by atoms with Gasteiger partial charge in [-0.1, -0.05) is 19.1 Å². The Balaban J connectivity index is 2.69. The summed E-state index contributed by atoms with van der Waals surface area (Å²) in [7, 11) is -1.85. The Bertz CT molecular complexity index is 460. The smallest absolute Gasteiger partial charge is 0.240 e. The van der Waals surface area contributed by atoms with Crippen LogP contribution in [0, 0.1) is 0 Å². The maximum absolute atomic E-state index is 12.0. The topological polar surface area (TPSA) is 67.4 Å². The van der Waals surface area contributed by atoms with Gasteiger partial charge >= 0.3 is 0 Å². The third kappa shape index (κ3) is 4.73. The third-order valence-corrected chi connectivity index (χ3v) is 3.82. The monoisotopic (exact) mass is 272 g/mol. The van der Waals surface area contributed by atoms with Gasteiger partial charge in [0.2, 0.25) is 10.0 Å². The lowest BCUT2D eigenvalue weighted by atomic mass is 10.2. The Kier molecular flexibility index (Phi) is 6.28.